The molecule has 1 heterocycles. The molecule has 3 nitrogen and oxygen atoms in total. The minimum atomic E-state index is -0.937. The molecule has 0 bridgehead atoms. The Hall–Kier alpha value is -2.08. The number of halogens is 1. The van der Waals surface area contributed by atoms with Crippen molar-refractivity contribution in [1.82, 2.24) is 0 Å². The fraction of sp³-hybridized carbons (Fsp3) is 0. The predicted octanol–water partition coefficient (Wildman–Crippen LogP) is 6.00. The SMILES string of the molecule is O=C(O)c1ccc(N=Cc2ccc(Sc3ccc(Cl)cc3)s2)cc1. The van der Waals surface area contributed by atoms with E-state index in [1.54, 1.807) is 53.6 Å². The van der Waals surface area contributed by atoms with Crippen molar-refractivity contribution in [2.24, 2.45) is 4.99 Å². The first-order valence-corrected chi connectivity index (χ1v) is 9.02. The maximum atomic E-state index is 10.8. The molecule has 2 aromatic carbocycles. The van der Waals surface area contributed by atoms with Gasteiger partial charge in [-0.15, -0.1) is 11.3 Å². The van der Waals surface area contributed by atoms with Crippen molar-refractivity contribution in [3.8, 4) is 0 Å². The zero-order valence-corrected chi connectivity index (χ0v) is 14.7. The molecular formula is C18H12ClNO2S2. The summed E-state index contributed by atoms with van der Waals surface area (Å²) in [5, 5.41) is 9.61. The van der Waals surface area contributed by atoms with Gasteiger partial charge < -0.3 is 5.11 Å². The number of hydrogen-bond acceptors (Lipinski definition) is 4. The zero-order valence-electron chi connectivity index (χ0n) is 12.3. The van der Waals surface area contributed by atoms with Crippen LogP contribution in [0.4, 0.5) is 5.69 Å². The summed E-state index contributed by atoms with van der Waals surface area (Å²) in [5.41, 5.74) is 0.979. The summed E-state index contributed by atoms with van der Waals surface area (Å²) in [4.78, 5) is 17.4. The van der Waals surface area contributed by atoms with E-state index in [-0.39, 0.29) is 5.56 Å². The summed E-state index contributed by atoms with van der Waals surface area (Å²) in [7, 11) is 0. The Bertz CT molecular complexity index is 871. The van der Waals surface area contributed by atoms with Gasteiger partial charge in [0.1, 0.15) is 0 Å². The summed E-state index contributed by atoms with van der Waals surface area (Å²) in [6.07, 6.45) is 1.78. The Kier molecular flexibility index (Phi) is 5.35. The lowest BCUT2D eigenvalue weighted by molar-refractivity contribution is 0.0697. The maximum absolute atomic E-state index is 10.8. The van der Waals surface area contributed by atoms with Gasteiger partial charge >= 0.3 is 5.97 Å². The van der Waals surface area contributed by atoms with E-state index in [4.69, 9.17) is 16.7 Å². The number of hydrogen-bond donors (Lipinski definition) is 1. The average molecular weight is 374 g/mol. The third kappa shape index (κ3) is 4.47. The van der Waals surface area contributed by atoms with Crippen LogP contribution in [0.5, 0.6) is 0 Å². The van der Waals surface area contributed by atoms with Crippen molar-refractivity contribution in [1.29, 1.82) is 0 Å². The molecule has 0 radical (unpaired) electrons. The van der Waals surface area contributed by atoms with E-state index in [0.29, 0.717) is 0 Å². The van der Waals surface area contributed by atoms with Gasteiger partial charge in [-0.3, -0.25) is 4.99 Å². The lowest BCUT2D eigenvalue weighted by Gasteiger charge is -1.97. The van der Waals surface area contributed by atoms with Crippen LogP contribution in [0.1, 0.15) is 15.2 Å². The zero-order chi connectivity index (χ0) is 16.9. The first-order chi connectivity index (χ1) is 11.6. The van der Waals surface area contributed by atoms with Crippen molar-refractivity contribution in [3.63, 3.8) is 0 Å². The van der Waals surface area contributed by atoms with E-state index < -0.39 is 5.97 Å². The lowest BCUT2D eigenvalue weighted by atomic mass is 10.2. The number of benzene rings is 2. The maximum Gasteiger partial charge on any atom is 0.335 e. The van der Waals surface area contributed by atoms with Crippen molar-refractivity contribution >= 4 is 52.6 Å². The van der Waals surface area contributed by atoms with Gasteiger partial charge in [-0.05, 0) is 60.7 Å². The molecule has 0 amide bonds. The normalized spacial score (nSPS) is 11.0. The second-order valence-corrected chi connectivity index (χ2v) is 7.75. The Morgan fingerprint density at radius 1 is 1.04 bits per heavy atom. The molecular weight excluding hydrogens is 362 g/mol. The Balaban J connectivity index is 1.66. The molecule has 1 N–H and O–H groups in total. The van der Waals surface area contributed by atoms with Gasteiger partial charge in [0.25, 0.3) is 0 Å². The predicted molar refractivity (Wildman–Crippen MR) is 101 cm³/mol. The summed E-state index contributed by atoms with van der Waals surface area (Å²) in [6.45, 7) is 0. The van der Waals surface area contributed by atoms with Crippen molar-refractivity contribution < 1.29 is 9.90 Å². The number of carboxylic acids is 1. The van der Waals surface area contributed by atoms with Crippen molar-refractivity contribution in [2.75, 3.05) is 0 Å². The van der Waals surface area contributed by atoms with E-state index in [0.717, 1.165) is 20.5 Å². The number of carboxylic acid groups (broad SMARTS) is 1. The van der Waals surface area contributed by atoms with Gasteiger partial charge in [-0.1, -0.05) is 23.4 Å². The molecule has 0 saturated carbocycles. The molecule has 0 atom stereocenters. The molecule has 120 valence electrons. The van der Waals surface area contributed by atoms with Gasteiger partial charge in [0.15, 0.2) is 0 Å². The van der Waals surface area contributed by atoms with Crippen LogP contribution >= 0.6 is 34.7 Å². The summed E-state index contributed by atoms with van der Waals surface area (Å²) in [5.74, 6) is -0.937. The minimum Gasteiger partial charge on any atom is -0.478 e. The highest BCUT2D eigenvalue weighted by Gasteiger charge is 2.03. The summed E-state index contributed by atoms with van der Waals surface area (Å²) < 4.78 is 1.17. The second kappa shape index (κ2) is 7.66. The molecule has 0 unspecified atom stereocenters. The van der Waals surface area contributed by atoms with Crippen LogP contribution in [0.15, 0.2) is 74.8 Å². The van der Waals surface area contributed by atoms with Gasteiger partial charge in [-0.2, -0.15) is 0 Å². The molecule has 0 aliphatic heterocycles. The van der Waals surface area contributed by atoms with Crippen LogP contribution in [0.3, 0.4) is 0 Å². The second-order valence-electron chi connectivity index (χ2n) is 4.82. The number of aromatic carboxylic acids is 1. The van der Waals surface area contributed by atoms with Crippen LogP contribution in [-0.4, -0.2) is 17.3 Å². The smallest absolute Gasteiger partial charge is 0.335 e. The standard InChI is InChI=1S/C18H12ClNO2S2/c19-13-3-7-15(8-4-13)23-17-10-9-16(24-17)11-20-14-5-1-12(2-6-14)18(21)22/h1-11H,(H,21,22). The molecule has 0 spiro atoms. The Morgan fingerprint density at radius 2 is 1.75 bits per heavy atom. The van der Waals surface area contributed by atoms with Crippen LogP contribution in [0.25, 0.3) is 0 Å². The summed E-state index contributed by atoms with van der Waals surface area (Å²) >= 11 is 9.21. The Morgan fingerprint density at radius 3 is 2.42 bits per heavy atom. The molecule has 0 fully saturated rings. The van der Waals surface area contributed by atoms with Gasteiger partial charge in [-0.25, -0.2) is 4.79 Å². The number of carbonyl (C=O) groups is 1. The quantitative estimate of drug-likeness (QED) is 0.558. The molecule has 0 saturated heterocycles. The van der Waals surface area contributed by atoms with Crippen molar-refractivity contribution in [3.05, 3.63) is 76.1 Å². The fourth-order valence-corrected chi connectivity index (χ4v) is 4.03. The van der Waals surface area contributed by atoms with E-state index in [9.17, 15) is 4.79 Å². The van der Waals surface area contributed by atoms with E-state index in [1.807, 2.05) is 30.3 Å². The van der Waals surface area contributed by atoms with Crippen LogP contribution in [0, 0.1) is 0 Å². The average Bonchev–Trinajstić information content (AvgIpc) is 3.03. The molecule has 24 heavy (non-hydrogen) atoms. The van der Waals surface area contributed by atoms with Gasteiger partial charge in [0, 0.05) is 21.0 Å². The highest BCUT2D eigenvalue weighted by molar-refractivity contribution is 8.01. The highest BCUT2D eigenvalue weighted by Crippen LogP contribution is 2.33. The van der Waals surface area contributed by atoms with E-state index >= 15 is 0 Å². The first kappa shape index (κ1) is 16.8. The molecule has 0 aliphatic carbocycles. The van der Waals surface area contributed by atoms with Crippen LogP contribution < -0.4 is 0 Å². The third-order valence-corrected chi connectivity index (χ3v) is 5.50. The number of rotatable bonds is 5. The molecule has 6 heteroatoms. The lowest BCUT2D eigenvalue weighted by Crippen LogP contribution is -1.94. The van der Waals surface area contributed by atoms with Crippen molar-refractivity contribution in [2.45, 2.75) is 9.10 Å². The minimum absolute atomic E-state index is 0.256. The Labute approximate surface area is 152 Å². The molecule has 3 rings (SSSR count). The summed E-state index contributed by atoms with van der Waals surface area (Å²) in [6, 6.07) is 18.3. The van der Waals surface area contributed by atoms with Gasteiger partial charge in [0.2, 0.25) is 0 Å². The first-order valence-electron chi connectivity index (χ1n) is 7.01. The monoisotopic (exact) mass is 373 g/mol. The van der Waals surface area contributed by atoms with Crippen LogP contribution in [-0.2, 0) is 0 Å². The molecule has 0 aliphatic rings. The largest absolute Gasteiger partial charge is 0.478 e. The number of nitrogens with zero attached hydrogens (tertiary/aromatic N) is 1. The number of thiophene rings is 1. The number of aliphatic imine (C=N–C) groups is 1. The van der Waals surface area contributed by atoms with Gasteiger partial charge in [0.05, 0.1) is 15.5 Å². The topological polar surface area (TPSA) is 49.7 Å². The molecule has 1 aromatic heterocycles. The van der Waals surface area contributed by atoms with Crippen LogP contribution in [0.2, 0.25) is 5.02 Å². The van der Waals surface area contributed by atoms with E-state index in [2.05, 4.69) is 11.1 Å². The fourth-order valence-electron chi connectivity index (χ4n) is 1.91. The highest BCUT2D eigenvalue weighted by atomic mass is 35.5. The molecule has 3 aromatic rings. The van der Waals surface area contributed by atoms with E-state index in [1.165, 1.54) is 4.21 Å². The third-order valence-electron chi connectivity index (χ3n) is 3.09.